The SMILES string of the molecule is O=S(=O)(CCl)N1CC(O)C(O)C1. The van der Waals surface area contributed by atoms with Crippen LogP contribution in [0.3, 0.4) is 0 Å². The molecule has 0 amide bonds. The van der Waals surface area contributed by atoms with Gasteiger partial charge in [0.15, 0.2) is 0 Å². The normalized spacial score (nSPS) is 32.6. The number of aliphatic hydroxyl groups excluding tert-OH is 2. The third-order valence-electron chi connectivity index (χ3n) is 1.76. The lowest BCUT2D eigenvalue weighted by molar-refractivity contribution is 0.0572. The van der Waals surface area contributed by atoms with Gasteiger partial charge in [-0.3, -0.25) is 0 Å². The second kappa shape index (κ2) is 3.47. The Bertz CT molecular complexity index is 244. The van der Waals surface area contributed by atoms with Gasteiger partial charge in [0.25, 0.3) is 0 Å². The van der Waals surface area contributed by atoms with Crippen molar-refractivity contribution >= 4 is 21.6 Å². The van der Waals surface area contributed by atoms with Crippen molar-refractivity contribution in [3.8, 4) is 0 Å². The number of hydrogen-bond acceptors (Lipinski definition) is 4. The fourth-order valence-corrected chi connectivity index (χ4v) is 2.34. The Hall–Kier alpha value is 0.120. The molecule has 0 aromatic carbocycles. The molecule has 0 aromatic rings. The third-order valence-corrected chi connectivity index (χ3v) is 3.94. The van der Waals surface area contributed by atoms with Crippen LogP contribution in [0.5, 0.6) is 0 Å². The van der Waals surface area contributed by atoms with E-state index in [4.69, 9.17) is 21.8 Å². The molecule has 1 rings (SSSR count). The van der Waals surface area contributed by atoms with Crippen LogP contribution in [-0.4, -0.2) is 53.4 Å². The number of halogens is 1. The van der Waals surface area contributed by atoms with Gasteiger partial charge in [0.2, 0.25) is 10.0 Å². The van der Waals surface area contributed by atoms with Crippen molar-refractivity contribution in [2.24, 2.45) is 0 Å². The van der Waals surface area contributed by atoms with Crippen molar-refractivity contribution in [1.29, 1.82) is 0 Å². The monoisotopic (exact) mass is 215 g/mol. The summed E-state index contributed by atoms with van der Waals surface area (Å²) < 4.78 is 23.1. The van der Waals surface area contributed by atoms with E-state index < -0.39 is 27.4 Å². The van der Waals surface area contributed by atoms with Crippen LogP contribution in [0.1, 0.15) is 0 Å². The van der Waals surface area contributed by atoms with Crippen LogP contribution < -0.4 is 0 Å². The van der Waals surface area contributed by atoms with Gasteiger partial charge < -0.3 is 10.2 Å². The summed E-state index contributed by atoms with van der Waals surface area (Å²) in [5, 5.41) is 17.5. The van der Waals surface area contributed by atoms with Gasteiger partial charge in [-0.2, -0.15) is 4.31 Å². The van der Waals surface area contributed by atoms with E-state index in [2.05, 4.69) is 0 Å². The lowest BCUT2D eigenvalue weighted by Crippen LogP contribution is -2.30. The molecular formula is C5H10ClNO4S. The topological polar surface area (TPSA) is 77.8 Å². The fourth-order valence-electron chi connectivity index (χ4n) is 1.03. The maximum Gasteiger partial charge on any atom is 0.228 e. The van der Waals surface area contributed by atoms with Gasteiger partial charge in [-0.1, -0.05) is 0 Å². The molecule has 7 heteroatoms. The summed E-state index contributed by atoms with van der Waals surface area (Å²) in [5.41, 5.74) is 0. The van der Waals surface area contributed by atoms with Gasteiger partial charge >= 0.3 is 0 Å². The Morgan fingerprint density at radius 2 is 1.75 bits per heavy atom. The van der Waals surface area contributed by atoms with E-state index in [0.29, 0.717) is 0 Å². The predicted octanol–water partition coefficient (Wildman–Crippen LogP) is -1.45. The second-order valence-corrected chi connectivity index (χ2v) is 5.23. The van der Waals surface area contributed by atoms with Crippen LogP contribution >= 0.6 is 11.6 Å². The molecule has 1 aliphatic rings. The van der Waals surface area contributed by atoms with Gasteiger partial charge in [0.1, 0.15) is 5.21 Å². The summed E-state index contributed by atoms with van der Waals surface area (Å²) in [7, 11) is -3.48. The number of β-amino-alcohol motifs (C(OH)–C–C–N with tert-alkyl or cyclic N) is 2. The van der Waals surface area contributed by atoms with Gasteiger partial charge in [-0.05, 0) is 0 Å². The predicted molar refractivity (Wildman–Crippen MR) is 43.2 cm³/mol. The molecule has 12 heavy (non-hydrogen) atoms. The van der Waals surface area contributed by atoms with Gasteiger partial charge in [0.05, 0.1) is 12.2 Å². The van der Waals surface area contributed by atoms with E-state index in [0.717, 1.165) is 4.31 Å². The summed E-state index contributed by atoms with van der Waals surface area (Å²) >= 11 is 5.18. The molecular weight excluding hydrogens is 206 g/mol. The smallest absolute Gasteiger partial charge is 0.228 e. The molecule has 72 valence electrons. The number of sulfonamides is 1. The van der Waals surface area contributed by atoms with Crippen LogP contribution in [0.4, 0.5) is 0 Å². The number of hydrogen-bond donors (Lipinski definition) is 2. The first-order chi connectivity index (χ1) is 5.47. The highest BCUT2D eigenvalue weighted by atomic mass is 35.5. The molecule has 0 saturated carbocycles. The van der Waals surface area contributed by atoms with E-state index in [1.165, 1.54) is 0 Å². The van der Waals surface area contributed by atoms with Crippen LogP contribution in [0.2, 0.25) is 0 Å². The molecule has 1 heterocycles. The minimum absolute atomic E-state index is 0.0732. The first kappa shape index (κ1) is 10.2. The maximum absolute atomic E-state index is 11.1. The van der Waals surface area contributed by atoms with E-state index in [9.17, 15) is 8.42 Å². The molecule has 0 bridgehead atoms. The molecule has 1 saturated heterocycles. The highest BCUT2D eigenvalue weighted by Crippen LogP contribution is 2.15. The zero-order chi connectivity index (χ0) is 9.35. The average Bonchev–Trinajstić information content (AvgIpc) is 2.33. The number of alkyl halides is 1. The summed E-state index contributed by atoms with van der Waals surface area (Å²) in [6.07, 6.45) is -1.99. The van der Waals surface area contributed by atoms with Crippen molar-refractivity contribution in [3.05, 3.63) is 0 Å². The first-order valence-electron chi connectivity index (χ1n) is 3.37. The average molecular weight is 216 g/mol. The Morgan fingerprint density at radius 1 is 1.33 bits per heavy atom. The summed E-state index contributed by atoms with van der Waals surface area (Å²) in [6, 6.07) is 0. The molecule has 2 N–H and O–H groups in total. The van der Waals surface area contributed by atoms with E-state index >= 15 is 0 Å². The standard InChI is InChI=1S/C5H10ClNO4S/c6-3-12(10,11)7-1-4(8)5(9)2-7/h4-5,8-9H,1-3H2. The Morgan fingerprint density at radius 3 is 2.08 bits per heavy atom. The molecule has 0 aliphatic carbocycles. The highest BCUT2D eigenvalue weighted by molar-refractivity contribution is 7.90. The van der Waals surface area contributed by atoms with Crippen LogP contribution in [0.15, 0.2) is 0 Å². The molecule has 2 unspecified atom stereocenters. The van der Waals surface area contributed by atoms with Crippen LogP contribution in [0.25, 0.3) is 0 Å². The van der Waals surface area contributed by atoms with Crippen molar-refractivity contribution in [2.75, 3.05) is 18.3 Å². The first-order valence-corrected chi connectivity index (χ1v) is 5.51. The minimum atomic E-state index is -3.48. The van der Waals surface area contributed by atoms with Crippen molar-refractivity contribution < 1.29 is 18.6 Å². The fraction of sp³-hybridized carbons (Fsp3) is 1.00. The minimum Gasteiger partial charge on any atom is -0.389 e. The lowest BCUT2D eigenvalue weighted by Gasteiger charge is -2.12. The lowest BCUT2D eigenvalue weighted by atomic mass is 10.3. The quantitative estimate of drug-likeness (QED) is 0.553. The summed E-state index contributed by atoms with van der Waals surface area (Å²) in [5.74, 6) is 0. The van der Waals surface area contributed by atoms with Gasteiger partial charge in [-0.15, -0.1) is 11.6 Å². The van der Waals surface area contributed by atoms with E-state index in [-0.39, 0.29) is 13.1 Å². The van der Waals surface area contributed by atoms with Crippen molar-refractivity contribution in [3.63, 3.8) is 0 Å². The number of aliphatic hydroxyl groups is 2. The molecule has 0 radical (unpaired) electrons. The van der Waals surface area contributed by atoms with Crippen molar-refractivity contribution in [1.82, 2.24) is 4.31 Å². The van der Waals surface area contributed by atoms with E-state index in [1.54, 1.807) is 0 Å². The molecule has 2 atom stereocenters. The molecule has 5 nitrogen and oxygen atoms in total. The summed E-state index contributed by atoms with van der Waals surface area (Å²) in [4.78, 5) is 0. The van der Waals surface area contributed by atoms with Gasteiger partial charge in [0, 0.05) is 13.1 Å². The second-order valence-electron chi connectivity index (χ2n) is 2.67. The molecule has 0 aromatic heterocycles. The Balaban J connectivity index is 2.70. The van der Waals surface area contributed by atoms with Crippen LogP contribution in [-0.2, 0) is 10.0 Å². The highest BCUT2D eigenvalue weighted by Gasteiger charge is 2.35. The zero-order valence-corrected chi connectivity index (χ0v) is 7.79. The number of rotatable bonds is 2. The molecule has 1 fully saturated rings. The number of nitrogens with zero attached hydrogens (tertiary/aromatic N) is 1. The third kappa shape index (κ3) is 1.89. The van der Waals surface area contributed by atoms with E-state index in [1.807, 2.05) is 0 Å². The molecule has 0 spiro atoms. The summed E-state index contributed by atoms with van der Waals surface area (Å²) in [6.45, 7) is -0.146. The molecule has 1 aliphatic heterocycles. The Labute approximate surface area is 75.6 Å². The maximum atomic E-state index is 11.1. The van der Waals surface area contributed by atoms with Crippen LogP contribution in [0, 0.1) is 0 Å². The zero-order valence-electron chi connectivity index (χ0n) is 6.22. The van der Waals surface area contributed by atoms with Crippen molar-refractivity contribution in [2.45, 2.75) is 12.2 Å². The largest absolute Gasteiger partial charge is 0.389 e. The van der Waals surface area contributed by atoms with Gasteiger partial charge in [-0.25, -0.2) is 8.42 Å². The Kier molecular flexibility index (Phi) is 2.95.